The second-order valence-corrected chi connectivity index (χ2v) is 5.22. The van der Waals surface area contributed by atoms with Gasteiger partial charge in [0.15, 0.2) is 5.65 Å². The van der Waals surface area contributed by atoms with Crippen LogP contribution < -0.4 is 16.7 Å². The molecule has 0 aromatic carbocycles. The minimum absolute atomic E-state index is 0.107. The molecule has 0 atom stereocenters. The molecule has 2 aromatic rings. The molecule has 0 aliphatic carbocycles. The van der Waals surface area contributed by atoms with Crippen molar-refractivity contribution in [2.75, 3.05) is 6.54 Å². The summed E-state index contributed by atoms with van der Waals surface area (Å²) >= 11 is 0. The molecule has 0 aliphatic rings. The molecule has 0 aliphatic heterocycles. The first kappa shape index (κ1) is 15.2. The number of nitrogens with two attached hydrogens (primary N) is 1. The number of carbonyl (C=O) groups is 1. The van der Waals surface area contributed by atoms with Crippen LogP contribution in [0.5, 0.6) is 0 Å². The van der Waals surface area contributed by atoms with E-state index in [1.165, 1.54) is 4.40 Å². The van der Waals surface area contributed by atoms with E-state index in [4.69, 9.17) is 5.73 Å². The molecule has 114 valence electrons. The number of pyridine rings is 1. The second-order valence-electron chi connectivity index (χ2n) is 5.22. The minimum atomic E-state index is -0.403. The smallest absolute Gasteiger partial charge is 0.350 e. The molecule has 21 heavy (non-hydrogen) atoms. The molecule has 0 bridgehead atoms. The fourth-order valence-corrected chi connectivity index (χ4v) is 2.04. The maximum atomic E-state index is 12.0. The van der Waals surface area contributed by atoms with Gasteiger partial charge in [0.25, 0.3) is 0 Å². The highest BCUT2D eigenvalue weighted by Crippen LogP contribution is 2.09. The normalized spacial score (nSPS) is 11.8. The van der Waals surface area contributed by atoms with Gasteiger partial charge in [-0.05, 0) is 25.0 Å². The van der Waals surface area contributed by atoms with Crippen molar-refractivity contribution in [2.24, 2.45) is 5.73 Å². The summed E-state index contributed by atoms with van der Waals surface area (Å²) < 4.78 is 2.55. The molecule has 0 spiro atoms. The fourth-order valence-electron chi connectivity index (χ4n) is 2.04. The lowest BCUT2D eigenvalue weighted by atomic mass is 9.94. The number of nitrogens with one attached hydrogen (secondary N) is 1. The summed E-state index contributed by atoms with van der Waals surface area (Å²) in [4.78, 5) is 24.0. The Morgan fingerprint density at radius 1 is 1.38 bits per heavy atom. The lowest BCUT2D eigenvalue weighted by molar-refractivity contribution is -0.122. The van der Waals surface area contributed by atoms with Crippen LogP contribution in [0.3, 0.4) is 0 Å². The molecule has 0 radical (unpaired) electrons. The topological polar surface area (TPSA) is 94.4 Å². The first-order valence-electron chi connectivity index (χ1n) is 7.09. The number of fused-ring (bicyclic) bond motifs is 1. The Labute approximate surface area is 122 Å². The first-order chi connectivity index (χ1) is 9.99. The number of rotatable bonds is 6. The van der Waals surface area contributed by atoms with Gasteiger partial charge in [-0.15, -0.1) is 5.10 Å². The third-order valence-electron chi connectivity index (χ3n) is 3.83. The van der Waals surface area contributed by atoms with Crippen molar-refractivity contribution >= 4 is 11.6 Å². The monoisotopic (exact) mass is 291 g/mol. The Morgan fingerprint density at radius 3 is 2.71 bits per heavy atom. The number of nitrogens with zero attached hydrogens (tertiary/aromatic N) is 3. The fraction of sp³-hybridized carbons (Fsp3) is 0.500. The van der Waals surface area contributed by atoms with E-state index in [1.54, 1.807) is 24.4 Å². The van der Waals surface area contributed by atoms with Gasteiger partial charge in [-0.2, -0.15) is 0 Å². The third kappa shape index (κ3) is 3.30. The molecular formula is C14H21N5O2. The van der Waals surface area contributed by atoms with Crippen molar-refractivity contribution in [2.45, 2.75) is 38.8 Å². The lowest BCUT2D eigenvalue weighted by Crippen LogP contribution is -2.50. The Hall–Kier alpha value is -2.15. The van der Waals surface area contributed by atoms with Gasteiger partial charge in [0.05, 0.1) is 0 Å². The molecule has 2 rings (SSSR count). The van der Waals surface area contributed by atoms with Crippen molar-refractivity contribution < 1.29 is 4.79 Å². The van der Waals surface area contributed by atoms with Gasteiger partial charge in [-0.1, -0.05) is 19.9 Å². The van der Waals surface area contributed by atoms with Crippen LogP contribution in [-0.2, 0) is 11.3 Å². The molecule has 2 heterocycles. The number of carbonyl (C=O) groups excluding carboxylic acids is 1. The van der Waals surface area contributed by atoms with Crippen LogP contribution >= 0.6 is 0 Å². The van der Waals surface area contributed by atoms with Crippen LogP contribution in [0.4, 0.5) is 0 Å². The largest absolute Gasteiger partial charge is 0.353 e. The third-order valence-corrected chi connectivity index (χ3v) is 3.83. The van der Waals surface area contributed by atoms with E-state index < -0.39 is 5.54 Å². The lowest BCUT2D eigenvalue weighted by Gasteiger charge is -2.26. The molecule has 0 saturated carbocycles. The molecule has 7 heteroatoms. The van der Waals surface area contributed by atoms with E-state index in [-0.39, 0.29) is 18.1 Å². The molecule has 7 nitrogen and oxygen atoms in total. The SMILES string of the molecule is CCC(N)(CC)CNC(=O)Cn1nc2ccccn2c1=O. The number of aromatic nitrogens is 3. The molecule has 0 saturated heterocycles. The number of hydrogen-bond acceptors (Lipinski definition) is 4. The van der Waals surface area contributed by atoms with Gasteiger partial charge in [-0.25, -0.2) is 9.48 Å². The summed E-state index contributed by atoms with van der Waals surface area (Å²) in [7, 11) is 0. The van der Waals surface area contributed by atoms with Crippen LogP contribution in [0, 0.1) is 0 Å². The van der Waals surface area contributed by atoms with Crippen molar-refractivity contribution in [1.82, 2.24) is 19.5 Å². The molecule has 3 N–H and O–H groups in total. The van der Waals surface area contributed by atoms with Gasteiger partial charge in [0, 0.05) is 18.3 Å². The van der Waals surface area contributed by atoms with E-state index in [9.17, 15) is 9.59 Å². The Morgan fingerprint density at radius 2 is 2.10 bits per heavy atom. The van der Waals surface area contributed by atoms with Crippen LogP contribution in [0.15, 0.2) is 29.2 Å². The highest BCUT2D eigenvalue weighted by molar-refractivity contribution is 5.75. The summed E-state index contributed by atoms with van der Waals surface area (Å²) in [5, 5.41) is 6.88. The highest BCUT2D eigenvalue weighted by atomic mass is 16.2. The summed E-state index contributed by atoms with van der Waals surface area (Å²) in [6, 6.07) is 5.25. The molecule has 0 unspecified atom stereocenters. The first-order valence-corrected chi connectivity index (χ1v) is 7.09. The molecule has 2 aromatic heterocycles. The Balaban J connectivity index is 2.05. The zero-order chi connectivity index (χ0) is 15.5. The van der Waals surface area contributed by atoms with E-state index in [2.05, 4.69) is 10.4 Å². The number of amides is 1. The second kappa shape index (κ2) is 6.09. The van der Waals surface area contributed by atoms with E-state index in [0.717, 1.165) is 17.5 Å². The standard InChI is InChI=1S/C14H21N5O2/c1-3-14(15,4-2)10-16-12(20)9-19-13(21)18-8-6-5-7-11(18)17-19/h5-8H,3-4,9-10,15H2,1-2H3,(H,16,20). The minimum Gasteiger partial charge on any atom is -0.353 e. The zero-order valence-electron chi connectivity index (χ0n) is 12.4. The Kier molecular flexibility index (Phi) is 4.42. The van der Waals surface area contributed by atoms with Crippen molar-refractivity contribution in [3.05, 3.63) is 34.9 Å². The summed E-state index contributed by atoms with van der Waals surface area (Å²) in [5.41, 5.74) is 5.91. The van der Waals surface area contributed by atoms with Crippen LogP contribution in [-0.4, -0.2) is 32.2 Å². The highest BCUT2D eigenvalue weighted by Gasteiger charge is 2.21. The number of hydrogen-bond donors (Lipinski definition) is 2. The maximum Gasteiger partial charge on any atom is 0.350 e. The van der Waals surface area contributed by atoms with Gasteiger partial charge < -0.3 is 11.1 Å². The maximum absolute atomic E-state index is 12.0. The van der Waals surface area contributed by atoms with Gasteiger partial charge in [-0.3, -0.25) is 9.20 Å². The molecule has 1 amide bonds. The predicted molar refractivity (Wildman–Crippen MR) is 80.0 cm³/mol. The predicted octanol–water partition coefficient (Wildman–Crippen LogP) is 0.130. The van der Waals surface area contributed by atoms with Gasteiger partial charge in [0.2, 0.25) is 5.91 Å². The van der Waals surface area contributed by atoms with E-state index >= 15 is 0 Å². The summed E-state index contributed by atoms with van der Waals surface area (Å²) in [6.45, 7) is 4.26. The zero-order valence-corrected chi connectivity index (χ0v) is 12.4. The van der Waals surface area contributed by atoms with Crippen molar-refractivity contribution in [3.63, 3.8) is 0 Å². The summed E-state index contributed by atoms with van der Waals surface area (Å²) in [6.07, 6.45) is 3.17. The quantitative estimate of drug-likeness (QED) is 0.791. The van der Waals surface area contributed by atoms with E-state index in [0.29, 0.717) is 12.2 Å². The van der Waals surface area contributed by atoms with Crippen molar-refractivity contribution in [1.29, 1.82) is 0 Å². The van der Waals surface area contributed by atoms with Gasteiger partial charge in [0.1, 0.15) is 6.54 Å². The van der Waals surface area contributed by atoms with E-state index in [1.807, 2.05) is 13.8 Å². The van der Waals surface area contributed by atoms with Gasteiger partial charge >= 0.3 is 5.69 Å². The summed E-state index contributed by atoms with van der Waals surface area (Å²) in [5.74, 6) is -0.266. The Bertz CT molecular complexity index is 684. The van der Waals surface area contributed by atoms with Crippen molar-refractivity contribution in [3.8, 4) is 0 Å². The average Bonchev–Trinajstić information content (AvgIpc) is 2.82. The molecule has 0 fully saturated rings. The average molecular weight is 291 g/mol. The molecular weight excluding hydrogens is 270 g/mol. The van der Waals surface area contributed by atoms with Crippen LogP contribution in [0.1, 0.15) is 26.7 Å². The van der Waals surface area contributed by atoms with Crippen LogP contribution in [0.25, 0.3) is 5.65 Å². The van der Waals surface area contributed by atoms with Crippen LogP contribution in [0.2, 0.25) is 0 Å².